The van der Waals surface area contributed by atoms with Crippen molar-refractivity contribution < 1.29 is 14.3 Å². The molecular weight excluding hydrogens is 326 g/mol. The van der Waals surface area contributed by atoms with Gasteiger partial charge in [-0.05, 0) is 43.0 Å². The van der Waals surface area contributed by atoms with Crippen molar-refractivity contribution in [3.63, 3.8) is 0 Å². The SMILES string of the molecule is Cc1ccc(NC(=O)COC(=O)C2(c3ccccc3)CC2)c(Cl)c1. The summed E-state index contributed by atoms with van der Waals surface area (Å²) in [6.45, 7) is 1.59. The number of hydrogen-bond donors (Lipinski definition) is 1. The lowest BCUT2D eigenvalue weighted by atomic mass is 9.96. The van der Waals surface area contributed by atoms with Crippen molar-refractivity contribution in [3.05, 3.63) is 64.7 Å². The van der Waals surface area contributed by atoms with E-state index in [1.54, 1.807) is 12.1 Å². The molecule has 2 aromatic rings. The fraction of sp³-hybridized carbons (Fsp3) is 0.263. The fourth-order valence-electron chi connectivity index (χ4n) is 2.67. The van der Waals surface area contributed by atoms with Gasteiger partial charge < -0.3 is 10.1 Å². The minimum Gasteiger partial charge on any atom is -0.455 e. The van der Waals surface area contributed by atoms with Crippen LogP contribution in [0.3, 0.4) is 0 Å². The number of benzene rings is 2. The molecule has 1 saturated carbocycles. The van der Waals surface area contributed by atoms with Crippen LogP contribution in [-0.2, 0) is 19.7 Å². The van der Waals surface area contributed by atoms with Crippen LogP contribution in [0.2, 0.25) is 5.02 Å². The maximum Gasteiger partial charge on any atom is 0.317 e. The van der Waals surface area contributed by atoms with Gasteiger partial charge in [0, 0.05) is 0 Å². The van der Waals surface area contributed by atoms with Gasteiger partial charge in [0.05, 0.1) is 16.1 Å². The highest BCUT2D eigenvalue weighted by atomic mass is 35.5. The first-order valence-electron chi connectivity index (χ1n) is 7.80. The molecule has 5 heteroatoms. The highest BCUT2D eigenvalue weighted by Gasteiger charge is 2.52. The fourth-order valence-corrected chi connectivity index (χ4v) is 2.95. The predicted octanol–water partition coefficient (Wildman–Crippen LogP) is 3.86. The Balaban J connectivity index is 1.58. The number of anilines is 1. The second-order valence-corrected chi connectivity index (χ2v) is 6.46. The first-order chi connectivity index (χ1) is 11.5. The molecule has 0 heterocycles. The molecule has 1 N–H and O–H groups in total. The van der Waals surface area contributed by atoms with Gasteiger partial charge in [-0.1, -0.05) is 48.0 Å². The number of halogens is 1. The van der Waals surface area contributed by atoms with Crippen molar-refractivity contribution in [1.82, 2.24) is 0 Å². The third kappa shape index (κ3) is 3.44. The predicted molar refractivity (Wildman–Crippen MR) is 93.1 cm³/mol. The first-order valence-corrected chi connectivity index (χ1v) is 8.18. The van der Waals surface area contributed by atoms with Crippen LogP contribution in [0, 0.1) is 6.92 Å². The molecular formula is C19H18ClNO3. The maximum absolute atomic E-state index is 12.4. The van der Waals surface area contributed by atoms with Crippen LogP contribution in [0.15, 0.2) is 48.5 Å². The van der Waals surface area contributed by atoms with Crippen LogP contribution in [-0.4, -0.2) is 18.5 Å². The summed E-state index contributed by atoms with van der Waals surface area (Å²) < 4.78 is 5.23. The zero-order valence-electron chi connectivity index (χ0n) is 13.3. The van der Waals surface area contributed by atoms with Crippen molar-refractivity contribution in [2.75, 3.05) is 11.9 Å². The Morgan fingerprint density at radius 2 is 1.88 bits per heavy atom. The van der Waals surface area contributed by atoms with E-state index in [1.807, 2.05) is 43.3 Å². The Hall–Kier alpha value is -2.33. The molecule has 0 aliphatic heterocycles. The van der Waals surface area contributed by atoms with E-state index in [1.165, 1.54) is 0 Å². The lowest BCUT2D eigenvalue weighted by Crippen LogP contribution is -2.28. The number of rotatable bonds is 5. The van der Waals surface area contributed by atoms with E-state index in [2.05, 4.69) is 5.32 Å². The molecule has 0 bridgehead atoms. The molecule has 124 valence electrons. The zero-order valence-corrected chi connectivity index (χ0v) is 14.1. The Labute approximate surface area is 145 Å². The first kappa shape index (κ1) is 16.5. The normalized spacial score (nSPS) is 14.8. The summed E-state index contributed by atoms with van der Waals surface area (Å²) in [4.78, 5) is 24.4. The zero-order chi connectivity index (χ0) is 17.2. The molecule has 24 heavy (non-hydrogen) atoms. The maximum atomic E-state index is 12.4. The molecule has 1 amide bonds. The van der Waals surface area contributed by atoms with Gasteiger partial charge in [0.1, 0.15) is 0 Å². The molecule has 3 rings (SSSR count). The summed E-state index contributed by atoms with van der Waals surface area (Å²) in [6, 6.07) is 14.9. The van der Waals surface area contributed by atoms with Gasteiger partial charge in [0.2, 0.25) is 0 Å². The number of carbonyl (C=O) groups excluding carboxylic acids is 2. The number of hydrogen-bond acceptors (Lipinski definition) is 3. The van der Waals surface area contributed by atoms with E-state index < -0.39 is 11.3 Å². The molecule has 1 aliphatic carbocycles. The van der Waals surface area contributed by atoms with E-state index >= 15 is 0 Å². The van der Waals surface area contributed by atoms with E-state index in [4.69, 9.17) is 16.3 Å². The second kappa shape index (κ2) is 6.65. The van der Waals surface area contributed by atoms with Gasteiger partial charge in [-0.2, -0.15) is 0 Å². The van der Waals surface area contributed by atoms with Crippen molar-refractivity contribution in [2.45, 2.75) is 25.2 Å². The molecule has 2 aromatic carbocycles. The average Bonchev–Trinajstić information content (AvgIpc) is 3.38. The van der Waals surface area contributed by atoms with Gasteiger partial charge in [0.25, 0.3) is 5.91 Å². The number of amides is 1. The monoisotopic (exact) mass is 343 g/mol. The molecule has 1 fully saturated rings. The lowest BCUT2D eigenvalue weighted by Gasteiger charge is -2.15. The molecule has 0 atom stereocenters. The van der Waals surface area contributed by atoms with Crippen molar-refractivity contribution in [1.29, 1.82) is 0 Å². The summed E-state index contributed by atoms with van der Waals surface area (Å²) in [7, 11) is 0. The number of nitrogens with one attached hydrogen (secondary N) is 1. The van der Waals surface area contributed by atoms with Crippen LogP contribution in [0.25, 0.3) is 0 Å². The molecule has 0 aromatic heterocycles. The van der Waals surface area contributed by atoms with Crippen LogP contribution < -0.4 is 5.32 Å². The summed E-state index contributed by atoms with van der Waals surface area (Å²) in [5, 5.41) is 3.11. The smallest absolute Gasteiger partial charge is 0.317 e. The number of ether oxygens (including phenoxy) is 1. The largest absolute Gasteiger partial charge is 0.455 e. The minimum absolute atomic E-state index is 0.322. The Morgan fingerprint density at radius 1 is 1.17 bits per heavy atom. The van der Waals surface area contributed by atoms with Gasteiger partial charge in [0.15, 0.2) is 6.61 Å². The Morgan fingerprint density at radius 3 is 2.50 bits per heavy atom. The van der Waals surface area contributed by atoms with Gasteiger partial charge in [-0.15, -0.1) is 0 Å². The third-order valence-electron chi connectivity index (χ3n) is 4.20. The second-order valence-electron chi connectivity index (χ2n) is 6.06. The van der Waals surface area contributed by atoms with Crippen LogP contribution >= 0.6 is 11.6 Å². The minimum atomic E-state index is -0.580. The molecule has 0 unspecified atom stereocenters. The van der Waals surface area contributed by atoms with E-state index in [0.717, 1.165) is 24.0 Å². The lowest BCUT2D eigenvalue weighted by molar-refractivity contribution is -0.150. The molecule has 0 radical (unpaired) electrons. The van der Waals surface area contributed by atoms with Gasteiger partial charge >= 0.3 is 5.97 Å². The van der Waals surface area contributed by atoms with Crippen molar-refractivity contribution in [2.24, 2.45) is 0 Å². The van der Waals surface area contributed by atoms with Gasteiger partial charge in [-0.3, -0.25) is 9.59 Å². The highest BCUT2D eigenvalue weighted by molar-refractivity contribution is 6.33. The van der Waals surface area contributed by atoms with Gasteiger partial charge in [-0.25, -0.2) is 0 Å². The number of aryl methyl sites for hydroxylation is 1. The Kier molecular flexibility index (Phi) is 4.58. The quantitative estimate of drug-likeness (QED) is 0.839. The van der Waals surface area contributed by atoms with E-state index in [0.29, 0.717) is 10.7 Å². The summed E-state index contributed by atoms with van der Waals surface area (Å²) >= 11 is 6.08. The average molecular weight is 344 g/mol. The number of esters is 1. The molecule has 0 spiro atoms. The van der Waals surface area contributed by atoms with Crippen LogP contribution in [0.1, 0.15) is 24.0 Å². The van der Waals surface area contributed by atoms with Crippen molar-refractivity contribution >= 4 is 29.2 Å². The van der Waals surface area contributed by atoms with Crippen molar-refractivity contribution in [3.8, 4) is 0 Å². The third-order valence-corrected chi connectivity index (χ3v) is 4.51. The van der Waals surface area contributed by atoms with Crippen LogP contribution in [0.5, 0.6) is 0 Å². The van der Waals surface area contributed by atoms with E-state index in [9.17, 15) is 9.59 Å². The topological polar surface area (TPSA) is 55.4 Å². The molecule has 4 nitrogen and oxygen atoms in total. The Bertz CT molecular complexity index is 769. The summed E-state index contributed by atoms with van der Waals surface area (Å²) in [5.41, 5.74) is 1.87. The standard InChI is InChI=1S/C19H18ClNO3/c1-13-7-8-16(15(20)11-13)21-17(22)12-24-18(23)19(9-10-19)14-5-3-2-4-6-14/h2-8,11H,9-10,12H2,1H3,(H,21,22). The number of carbonyl (C=O) groups is 2. The highest BCUT2D eigenvalue weighted by Crippen LogP contribution is 2.49. The van der Waals surface area contributed by atoms with E-state index in [-0.39, 0.29) is 12.6 Å². The summed E-state index contributed by atoms with van der Waals surface area (Å²) in [5.74, 6) is -0.753. The molecule has 1 aliphatic rings. The molecule has 0 saturated heterocycles. The van der Waals surface area contributed by atoms with Crippen LogP contribution in [0.4, 0.5) is 5.69 Å². The summed E-state index contributed by atoms with van der Waals surface area (Å²) in [6.07, 6.45) is 1.50.